The van der Waals surface area contributed by atoms with Gasteiger partial charge in [0, 0.05) is 0 Å². The van der Waals surface area contributed by atoms with E-state index >= 15 is 0 Å². The summed E-state index contributed by atoms with van der Waals surface area (Å²) in [6.07, 6.45) is -3.49. The maximum absolute atomic E-state index is 9.61. The zero-order valence-corrected chi connectivity index (χ0v) is 9.43. The van der Waals surface area contributed by atoms with Crippen LogP contribution in [-0.4, -0.2) is 62.6 Å². The summed E-state index contributed by atoms with van der Waals surface area (Å²) < 4.78 is 5.29. The summed E-state index contributed by atoms with van der Waals surface area (Å²) in [6.45, 7) is 1.63. The first-order valence-electron chi connectivity index (χ1n) is 5.04. The van der Waals surface area contributed by atoms with E-state index in [9.17, 15) is 15.3 Å². The lowest BCUT2D eigenvalue weighted by atomic mass is 10.0. The van der Waals surface area contributed by atoms with Gasteiger partial charge in [0.2, 0.25) is 0 Å². The van der Waals surface area contributed by atoms with E-state index in [0.717, 1.165) is 12.2 Å². The molecule has 1 heterocycles. The molecule has 4 N–H and O–H groups in total. The van der Waals surface area contributed by atoms with Crippen molar-refractivity contribution >= 4 is 11.8 Å². The second kappa shape index (κ2) is 6.03. The summed E-state index contributed by atoms with van der Waals surface area (Å²) >= 11 is 1.38. The molecular weight excluding hydrogens is 220 g/mol. The minimum atomic E-state index is -1.26. The van der Waals surface area contributed by atoms with Crippen LogP contribution in [0.1, 0.15) is 13.3 Å². The van der Waals surface area contributed by atoms with E-state index in [1.807, 2.05) is 6.92 Å². The van der Waals surface area contributed by atoms with Gasteiger partial charge in [-0.2, -0.15) is 0 Å². The standard InChI is InChI=1S/C9H18O5S/c1-2-3-15-9-8(13)7(12)6(11)5(4-10)14-9/h5-13H,2-4H2,1H3/t5-,6-,7+,8+,9?/m1/s1. The van der Waals surface area contributed by atoms with Crippen molar-refractivity contribution in [2.45, 2.75) is 43.2 Å². The molecule has 1 saturated heterocycles. The Labute approximate surface area is 93.1 Å². The topological polar surface area (TPSA) is 90.2 Å². The third kappa shape index (κ3) is 3.05. The van der Waals surface area contributed by atoms with Crippen LogP contribution in [0, 0.1) is 0 Å². The Morgan fingerprint density at radius 1 is 1.13 bits per heavy atom. The number of aliphatic hydroxyl groups is 4. The van der Waals surface area contributed by atoms with Gasteiger partial charge in [-0.25, -0.2) is 0 Å². The zero-order valence-electron chi connectivity index (χ0n) is 8.61. The molecule has 1 fully saturated rings. The molecule has 0 saturated carbocycles. The fourth-order valence-electron chi connectivity index (χ4n) is 1.44. The Bertz CT molecular complexity index is 189. The number of hydrogen-bond acceptors (Lipinski definition) is 6. The minimum absolute atomic E-state index is 0.367. The van der Waals surface area contributed by atoms with E-state index in [-0.39, 0.29) is 6.61 Å². The molecule has 1 aliphatic rings. The molecule has 0 aromatic carbocycles. The molecule has 6 heteroatoms. The normalized spacial score (nSPS) is 41.8. The highest BCUT2D eigenvalue weighted by atomic mass is 32.2. The molecule has 0 radical (unpaired) electrons. The SMILES string of the molecule is CCCSC1O[C@H](CO)[C@@H](O)[C@H](O)[C@@H]1O. The van der Waals surface area contributed by atoms with Crippen molar-refractivity contribution in [2.75, 3.05) is 12.4 Å². The second-order valence-electron chi connectivity index (χ2n) is 3.57. The maximum atomic E-state index is 9.61. The Morgan fingerprint density at radius 2 is 1.80 bits per heavy atom. The summed E-state index contributed by atoms with van der Waals surface area (Å²) in [7, 11) is 0. The lowest BCUT2D eigenvalue weighted by Crippen LogP contribution is -2.57. The van der Waals surface area contributed by atoms with Gasteiger partial charge in [0.05, 0.1) is 6.61 Å². The molecule has 1 unspecified atom stereocenters. The smallest absolute Gasteiger partial charge is 0.132 e. The van der Waals surface area contributed by atoms with Crippen molar-refractivity contribution in [1.82, 2.24) is 0 Å². The van der Waals surface area contributed by atoms with Crippen LogP contribution in [0.5, 0.6) is 0 Å². The summed E-state index contributed by atoms with van der Waals surface area (Å²) in [5, 5.41) is 37.5. The molecule has 15 heavy (non-hydrogen) atoms. The number of hydrogen-bond donors (Lipinski definition) is 4. The fraction of sp³-hybridized carbons (Fsp3) is 1.00. The summed E-state index contributed by atoms with van der Waals surface area (Å²) in [4.78, 5) is 0. The molecule has 0 aliphatic carbocycles. The largest absolute Gasteiger partial charge is 0.394 e. The van der Waals surface area contributed by atoms with E-state index in [1.54, 1.807) is 0 Å². The molecule has 5 nitrogen and oxygen atoms in total. The molecule has 0 aromatic rings. The number of aliphatic hydroxyl groups excluding tert-OH is 4. The molecule has 0 spiro atoms. The van der Waals surface area contributed by atoms with Crippen molar-refractivity contribution in [1.29, 1.82) is 0 Å². The molecule has 5 atom stereocenters. The summed E-state index contributed by atoms with van der Waals surface area (Å²) in [6, 6.07) is 0. The lowest BCUT2D eigenvalue weighted by molar-refractivity contribution is -0.205. The highest BCUT2D eigenvalue weighted by Gasteiger charge is 2.43. The highest BCUT2D eigenvalue weighted by molar-refractivity contribution is 7.99. The van der Waals surface area contributed by atoms with E-state index in [0.29, 0.717) is 0 Å². The first-order chi connectivity index (χ1) is 7.11. The van der Waals surface area contributed by atoms with E-state index < -0.39 is 29.9 Å². The van der Waals surface area contributed by atoms with E-state index in [2.05, 4.69) is 0 Å². The quantitative estimate of drug-likeness (QED) is 0.498. The first kappa shape index (κ1) is 13.2. The predicted octanol–water partition coefficient (Wildman–Crippen LogP) is -1.07. The lowest BCUT2D eigenvalue weighted by Gasteiger charge is -2.39. The van der Waals surface area contributed by atoms with Crippen molar-refractivity contribution in [3.8, 4) is 0 Å². The van der Waals surface area contributed by atoms with Gasteiger partial charge in [-0.05, 0) is 12.2 Å². The van der Waals surface area contributed by atoms with Crippen LogP contribution < -0.4 is 0 Å². The van der Waals surface area contributed by atoms with Crippen molar-refractivity contribution < 1.29 is 25.2 Å². The van der Waals surface area contributed by atoms with Gasteiger partial charge in [0.1, 0.15) is 29.9 Å². The van der Waals surface area contributed by atoms with Crippen molar-refractivity contribution in [3.63, 3.8) is 0 Å². The van der Waals surface area contributed by atoms with Crippen LogP contribution in [0.25, 0.3) is 0 Å². The Balaban J connectivity index is 2.57. The Hall–Kier alpha value is 0.150. The van der Waals surface area contributed by atoms with Crippen LogP contribution in [0.4, 0.5) is 0 Å². The average molecular weight is 238 g/mol. The van der Waals surface area contributed by atoms with Crippen LogP contribution in [0.3, 0.4) is 0 Å². The molecule has 1 rings (SSSR count). The van der Waals surface area contributed by atoms with Crippen LogP contribution in [-0.2, 0) is 4.74 Å². The zero-order chi connectivity index (χ0) is 11.4. The maximum Gasteiger partial charge on any atom is 0.132 e. The van der Waals surface area contributed by atoms with Gasteiger partial charge < -0.3 is 25.2 Å². The second-order valence-corrected chi connectivity index (χ2v) is 4.77. The van der Waals surface area contributed by atoms with Crippen molar-refractivity contribution in [3.05, 3.63) is 0 Å². The Kier molecular flexibility index (Phi) is 5.31. The molecule has 1 aliphatic heterocycles. The van der Waals surface area contributed by atoms with E-state index in [1.165, 1.54) is 11.8 Å². The third-order valence-corrected chi connectivity index (χ3v) is 3.70. The molecular formula is C9H18O5S. The first-order valence-corrected chi connectivity index (χ1v) is 6.08. The van der Waals surface area contributed by atoms with Crippen molar-refractivity contribution in [2.24, 2.45) is 0 Å². The van der Waals surface area contributed by atoms with Crippen LogP contribution in [0.15, 0.2) is 0 Å². The van der Waals surface area contributed by atoms with Gasteiger partial charge in [-0.1, -0.05) is 6.92 Å². The Morgan fingerprint density at radius 3 is 2.33 bits per heavy atom. The van der Waals surface area contributed by atoms with Gasteiger partial charge in [-0.3, -0.25) is 0 Å². The number of ether oxygens (including phenoxy) is 1. The third-order valence-electron chi connectivity index (χ3n) is 2.33. The summed E-state index contributed by atoms with van der Waals surface area (Å²) in [5.74, 6) is 0.794. The highest BCUT2D eigenvalue weighted by Crippen LogP contribution is 2.28. The fourth-order valence-corrected chi connectivity index (χ4v) is 2.49. The van der Waals surface area contributed by atoms with E-state index in [4.69, 9.17) is 9.84 Å². The predicted molar refractivity (Wildman–Crippen MR) is 56.5 cm³/mol. The molecule has 90 valence electrons. The molecule has 0 aromatic heterocycles. The van der Waals surface area contributed by atoms with Gasteiger partial charge in [-0.15, -0.1) is 11.8 Å². The molecule has 0 amide bonds. The van der Waals surface area contributed by atoms with Gasteiger partial charge in [0.15, 0.2) is 0 Å². The average Bonchev–Trinajstić information content (AvgIpc) is 2.25. The number of thioether (sulfide) groups is 1. The molecule has 0 bridgehead atoms. The van der Waals surface area contributed by atoms with Crippen LogP contribution >= 0.6 is 11.8 Å². The van der Waals surface area contributed by atoms with Crippen LogP contribution in [0.2, 0.25) is 0 Å². The number of rotatable bonds is 4. The van der Waals surface area contributed by atoms with Gasteiger partial charge >= 0.3 is 0 Å². The minimum Gasteiger partial charge on any atom is -0.394 e. The monoisotopic (exact) mass is 238 g/mol. The summed E-state index contributed by atoms with van der Waals surface area (Å²) in [5.41, 5.74) is -0.583. The van der Waals surface area contributed by atoms with Gasteiger partial charge in [0.25, 0.3) is 0 Å².